The summed E-state index contributed by atoms with van der Waals surface area (Å²) in [4.78, 5) is 24.8. The van der Waals surface area contributed by atoms with Crippen LogP contribution in [-0.4, -0.2) is 18.3 Å². The van der Waals surface area contributed by atoms with Gasteiger partial charge in [0.05, 0.1) is 0 Å². The number of carbonyl (C=O) groups excluding carboxylic acids is 2. The number of amides is 1. The van der Waals surface area contributed by atoms with E-state index in [2.05, 4.69) is 10.1 Å². The Labute approximate surface area is 188 Å². The van der Waals surface area contributed by atoms with Gasteiger partial charge in [-0.3, -0.25) is 9.59 Å². The van der Waals surface area contributed by atoms with Crippen molar-refractivity contribution in [1.82, 2.24) is 0 Å². The highest BCUT2D eigenvalue weighted by Gasteiger charge is 2.27. The minimum absolute atomic E-state index is 0.124. The molecule has 1 amide bonds. The van der Waals surface area contributed by atoms with Crippen molar-refractivity contribution in [1.29, 1.82) is 0 Å². The summed E-state index contributed by atoms with van der Waals surface area (Å²) in [5, 5.41) is 2.98. The number of nitrogens with one attached hydrogen (secondary N) is 1. The molecule has 3 aromatic carbocycles. The van der Waals surface area contributed by atoms with Crippen LogP contribution in [0.3, 0.4) is 0 Å². The molecule has 1 aromatic heterocycles. The van der Waals surface area contributed by atoms with Gasteiger partial charge in [0.25, 0.3) is 5.91 Å². The molecule has 0 aliphatic heterocycles. The second-order valence-electron chi connectivity index (χ2n) is 7.20. The second kappa shape index (κ2) is 8.97. The van der Waals surface area contributed by atoms with Crippen molar-refractivity contribution in [3.8, 4) is 5.75 Å². The molecule has 4 aromatic rings. The van der Waals surface area contributed by atoms with Crippen LogP contribution in [0.25, 0.3) is 11.0 Å². The molecule has 0 unspecified atom stereocenters. The Balaban J connectivity index is 1.51. The topological polar surface area (TPSA) is 68.5 Å². The van der Waals surface area contributed by atoms with E-state index in [1.54, 1.807) is 43.3 Å². The van der Waals surface area contributed by atoms with Crippen molar-refractivity contribution in [2.24, 2.45) is 0 Å². The molecule has 0 spiro atoms. The number of fused-ring (bicyclic) bond motifs is 1. The summed E-state index contributed by atoms with van der Waals surface area (Å²) in [5.41, 5.74) is 1.50. The molecule has 1 heterocycles. The Morgan fingerprint density at radius 3 is 2.15 bits per heavy atom. The lowest BCUT2D eigenvalue weighted by molar-refractivity contribution is -0.118. The smallest absolute Gasteiger partial charge is 0.262 e. The van der Waals surface area contributed by atoms with E-state index in [1.165, 1.54) is 12.1 Å². The zero-order valence-corrected chi connectivity index (χ0v) is 17.3. The van der Waals surface area contributed by atoms with Crippen LogP contribution in [0.1, 0.15) is 21.7 Å². The summed E-state index contributed by atoms with van der Waals surface area (Å²) < 4.78 is 77.1. The number of furan rings is 1. The maximum atomic E-state index is 13.7. The summed E-state index contributed by atoms with van der Waals surface area (Å²) in [6.45, 7) is 0.670. The van der Waals surface area contributed by atoms with Gasteiger partial charge >= 0.3 is 0 Å². The number of carbonyl (C=O) groups is 2. The zero-order chi connectivity index (χ0) is 24.6. The number of benzene rings is 3. The van der Waals surface area contributed by atoms with Crippen LogP contribution < -0.4 is 10.1 Å². The standard InChI is InChI=1S/C24H14F5NO4/c1-11-14-8-7-13(9-15(14)34-23(11)22(32)12-5-3-2-4-6-12)30-16(31)10-33-24-20(28)18(26)17(25)19(27)21(24)29/h2-9H,10H2,1H3,(H,30,31). The number of rotatable bonds is 6. The zero-order valence-electron chi connectivity index (χ0n) is 17.3. The molecule has 0 radical (unpaired) electrons. The Bertz CT molecular complexity index is 1400. The van der Waals surface area contributed by atoms with E-state index in [9.17, 15) is 31.5 Å². The fourth-order valence-corrected chi connectivity index (χ4v) is 3.29. The monoisotopic (exact) mass is 475 g/mol. The summed E-state index contributed by atoms with van der Waals surface area (Å²) >= 11 is 0. The fourth-order valence-electron chi connectivity index (χ4n) is 3.29. The molecule has 0 saturated carbocycles. The lowest BCUT2D eigenvalue weighted by Crippen LogP contribution is -2.21. The van der Waals surface area contributed by atoms with Gasteiger partial charge in [0.1, 0.15) is 5.58 Å². The molecule has 0 bridgehead atoms. The molecule has 10 heteroatoms. The number of ketones is 1. The minimum atomic E-state index is -2.33. The van der Waals surface area contributed by atoms with Crippen LogP contribution in [0.15, 0.2) is 52.9 Å². The predicted molar refractivity (Wildman–Crippen MR) is 111 cm³/mol. The molecular weight excluding hydrogens is 461 g/mol. The highest BCUT2D eigenvalue weighted by Crippen LogP contribution is 2.30. The highest BCUT2D eigenvalue weighted by atomic mass is 19.2. The molecule has 174 valence electrons. The fraction of sp³-hybridized carbons (Fsp3) is 0.0833. The summed E-state index contributed by atoms with van der Waals surface area (Å²) in [6.07, 6.45) is 0. The average Bonchev–Trinajstić information content (AvgIpc) is 3.17. The summed E-state index contributed by atoms with van der Waals surface area (Å²) in [6, 6.07) is 13.0. The van der Waals surface area contributed by atoms with Gasteiger partial charge in [-0.1, -0.05) is 30.3 Å². The van der Waals surface area contributed by atoms with Gasteiger partial charge < -0.3 is 14.5 Å². The number of hydrogen-bond acceptors (Lipinski definition) is 4. The van der Waals surface area contributed by atoms with E-state index in [0.717, 1.165) is 0 Å². The Kier molecular flexibility index (Phi) is 6.06. The molecule has 4 rings (SSSR count). The SMILES string of the molecule is Cc1c(C(=O)c2ccccc2)oc2cc(NC(=O)COc3c(F)c(F)c(F)c(F)c3F)ccc12. The van der Waals surface area contributed by atoms with E-state index in [-0.39, 0.29) is 22.8 Å². The number of hydrogen-bond donors (Lipinski definition) is 1. The van der Waals surface area contributed by atoms with Crippen molar-refractivity contribution in [3.63, 3.8) is 0 Å². The van der Waals surface area contributed by atoms with Gasteiger partial charge in [0.2, 0.25) is 34.9 Å². The maximum Gasteiger partial charge on any atom is 0.262 e. The van der Waals surface area contributed by atoms with E-state index in [1.807, 2.05) is 0 Å². The first kappa shape index (κ1) is 23.0. The van der Waals surface area contributed by atoms with E-state index in [0.29, 0.717) is 16.5 Å². The van der Waals surface area contributed by atoms with Gasteiger partial charge in [-0.25, -0.2) is 13.2 Å². The molecular formula is C24H14F5NO4. The molecule has 0 atom stereocenters. The van der Waals surface area contributed by atoms with E-state index >= 15 is 0 Å². The first-order chi connectivity index (χ1) is 16.2. The van der Waals surface area contributed by atoms with Crippen LogP contribution in [0.2, 0.25) is 0 Å². The van der Waals surface area contributed by atoms with Crippen molar-refractivity contribution >= 4 is 28.3 Å². The highest BCUT2D eigenvalue weighted by molar-refractivity contribution is 6.10. The molecule has 5 nitrogen and oxygen atoms in total. The minimum Gasteiger partial charge on any atom is -0.477 e. The average molecular weight is 475 g/mol. The van der Waals surface area contributed by atoms with Gasteiger partial charge in [-0.15, -0.1) is 0 Å². The van der Waals surface area contributed by atoms with Gasteiger partial charge in [-0.05, 0) is 19.1 Å². The first-order valence-corrected chi connectivity index (χ1v) is 9.76. The molecule has 0 aliphatic rings. The molecule has 34 heavy (non-hydrogen) atoms. The normalized spacial score (nSPS) is 11.0. The van der Waals surface area contributed by atoms with Gasteiger partial charge in [-0.2, -0.15) is 8.78 Å². The van der Waals surface area contributed by atoms with Gasteiger partial charge in [0, 0.05) is 28.3 Å². The van der Waals surface area contributed by atoms with Crippen LogP contribution in [0, 0.1) is 36.0 Å². The van der Waals surface area contributed by atoms with Crippen LogP contribution >= 0.6 is 0 Å². The third-order valence-electron chi connectivity index (χ3n) is 4.98. The molecule has 0 fully saturated rings. The van der Waals surface area contributed by atoms with Crippen molar-refractivity contribution in [2.45, 2.75) is 6.92 Å². The van der Waals surface area contributed by atoms with Crippen LogP contribution in [0.4, 0.5) is 27.6 Å². The van der Waals surface area contributed by atoms with Gasteiger partial charge in [0.15, 0.2) is 18.1 Å². The van der Waals surface area contributed by atoms with Crippen LogP contribution in [0.5, 0.6) is 5.75 Å². The lowest BCUT2D eigenvalue weighted by Gasteiger charge is -2.10. The largest absolute Gasteiger partial charge is 0.477 e. The number of halogens is 5. The summed E-state index contributed by atoms with van der Waals surface area (Å²) in [5.74, 6) is -13.8. The Hall–Kier alpha value is -4.21. The predicted octanol–water partition coefficient (Wildman–Crippen LogP) is 5.69. The lowest BCUT2D eigenvalue weighted by atomic mass is 10.0. The molecule has 1 N–H and O–H groups in total. The van der Waals surface area contributed by atoms with Crippen molar-refractivity contribution in [2.75, 3.05) is 11.9 Å². The first-order valence-electron chi connectivity index (χ1n) is 9.76. The number of ether oxygens (including phenoxy) is 1. The second-order valence-corrected chi connectivity index (χ2v) is 7.20. The van der Waals surface area contributed by atoms with E-state index in [4.69, 9.17) is 4.42 Å². The summed E-state index contributed by atoms with van der Waals surface area (Å²) in [7, 11) is 0. The number of anilines is 1. The molecule has 0 saturated heterocycles. The number of aryl methyl sites for hydroxylation is 1. The van der Waals surface area contributed by atoms with Crippen molar-refractivity contribution in [3.05, 3.63) is 94.5 Å². The Morgan fingerprint density at radius 1 is 0.882 bits per heavy atom. The van der Waals surface area contributed by atoms with Crippen LogP contribution in [-0.2, 0) is 4.79 Å². The third-order valence-corrected chi connectivity index (χ3v) is 4.98. The third kappa shape index (κ3) is 4.09. The maximum absolute atomic E-state index is 13.7. The Morgan fingerprint density at radius 2 is 1.50 bits per heavy atom. The van der Waals surface area contributed by atoms with Crippen molar-refractivity contribution < 1.29 is 40.7 Å². The quantitative estimate of drug-likeness (QED) is 0.169. The van der Waals surface area contributed by atoms with E-state index < -0.39 is 47.3 Å². The molecule has 0 aliphatic carbocycles.